The van der Waals surface area contributed by atoms with Gasteiger partial charge in [-0.2, -0.15) is 0 Å². The smallest absolute Gasteiger partial charge is 0.266 e. The monoisotopic (exact) mass is 418 g/mol. The molecule has 0 saturated carbocycles. The molecule has 0 saturated heterocycles. The molecule has 0 aliphatic heterocycles. The molecule has 0 bridgehead atoms. The fourth-order valence-electron chi connectivity index (χ4n) is 3.69. The van der Waals surface area contributed by atoms with Crippen molar-refractivity contribution in [3.8, 4) is 5.69 Å². The van der Waals surface area contributed by atoms with Gasteiger partial charge in [-0.15, -0.1) is 0 Å². The van der Waals surface area contributed by atoms with Crippen molar-refractivity contribution in [1.29, 1.82) is 0 Å². The van der Waals surface area contributed by atoms with E-state index >= 15 is 0 Å². The highest BCUT2D eigenvalue weighted by Crippen LogP contribution is 2.27. The lowest BCUT2D eigenvalue weighted by Gasteiger charge is -2.21. The highest BCUT2D eigenvalue weighted by molar-refractivity contribution is 5.84. The minimum atomic E-state index is -0.659. The van der Waals surface area contributed by atoms with Crippen molar-refractivity contribution in [2.24, 2.45) is 0 Å². The maximum absolute atomic E-state index is 14.7. The quantitative estimate of drug-likeness (QED) is 0.459. The van der Waals surface area contributed by atoms with Gasteiger partial charge in [-0.3, -0.25) is 9.36 Å². The van der Waals surface area contributed by atoms with Gasteiger partial charge in [0.15, 0.2) is 11.5 Å². The minimum absolute atomic E-state index is 0.0360. The SMILES string of the molecule is C[C@@H](Nc1ncnc2[nH]cnc12)c1cc2cccc(F)c2c(=O)n1-c1ccccc1F. The summed E-state index contributed by atoms with van der Waals surface area (Å²) in [5.74, 6) is -0.801. The van der Waals surface area contributed by atoms with E-state index in [1.54, 1.807) is 25.1 Å². The van der Waals surface area contributed by atoms with Crippen LogP contribution in [0.4, 0.5) is 14.6 Å². The van der Waals surface area contributed by atoms with Crippen molar-refractivity contribution in [2.45, 2.75) is 13.0 Å². The number of imidazole rings is 1. The molecule has 5 rings (SSSR count). The number of nitrogens with zero attached hydrogens (tertiary/aromatic N) is 4. The molecule has 3 heterocycles. The predicted molar refractivity (Wildman–Crippen MR) is 113 cm³/mol. The largest absolute Gasteiger partial charge is 0.360 e. The van der Waals surface area contributed by atoms with Crippen LogP contribution in [0.3, 0.4) is 0 Å². The van der Waals surface area contributed by atoms with Crippen LogP contribution in [-0.2, 0) is 0 Å². The Morgan fingerprint density at radius 1 is 1.03 bits per heavy atom. The van der Waals surface area contributed by atoms with E-state index in [0.29, 0.717) is 28.1 Å². The lowest BCUT2D eigenvalue weighted by Crippen LogP contribution is -2.27. The molecule has 5 aromatic rings. The number of rotatable bonds is 4. The Balaban J connectivity index is 1.74. The molecule has 0 fully saturated rings. The zero-order chi connectivity index (χ0) is 21.5. The molecular formula is C22H16F2N6O. The first kappa shape index (κ1) is 18.9. The number of aromatic nitrogens is 5. The fraction of sp³-hybridized carbons (Fsp3) is 0.0909. The van der Waals surface area contributed by atoms with Crippen LogP contribution in [0.1, 0.15) is 18.7 Å². The van der Waals surface area contributed by atoms with Gasteiger partial charge in [0.25, 0.3) is 5.56 Å². The van der Waals surface area contributed by atoms with Crippen LogP contribution in [0, 0.1) is 11.6 Å². The Morgan fingerprint density at radius 2 is 1.84 bits per heavy atom. The van der Waals surface area contributed by atoms with Gasteiger partial charge in [-0.25, -0.2) is 23.7 Å². The zero-order valence-corrected chi connectivity index (χ0v) is 16.3. The average molecular weight is 418 g/mol. The van der Waals surface area contributed by atoms with Gasteiger partial charge in [0.1, 0.15) is 23.5 Å². The number of hydrogen-bond acceptors (Lipinski definition) is 5. The lowest BCUT2D eigenvalue weighted by atomic mass is 10.1. The van der Waals surface area contributed by atoms with E-state index in [0.717, 1.165) is 0 Å². The second kappa shape index (κ2) is 7.28. The van der Waals surface area contributed by atoms with Gasteiger partial charge in [0, 0.05) is 5.69 Å². The van der Waals surface area contributed by atoms with E-state index in [2.05, 4.69) is 25.3 Å². The molecule has 7 nitrogen and oxygen atoms in total. The molecule has 31 heavy (non-hydrogen) atoms. The summed E-state index contributed by atoms with van der Waals surface area (Å²) in [5, 5.41) is 3.54. The number of para-hydroxylation sites is 1. The van der Waals surface area contributed by atoms with Gasteiger partial charge < -0.3 is 10.3 Å². The fourth-order valence-corrected chi connectivity index (χ4v) is 3.69. The van der Waals surface area contributed by atoms with Crippen molar-refractivity contribution in [3.05, 3.63) is 88.9 Å². The number of halogens is 2. The first-order valence-electron chi connectivity index (χ1n) is 9.54. The van der Waals surface area contributed by atoms with Crippen molar-refractivity contribution in [3.63, 3.8) is 0 Å². The molecule has 0 amide bonds. The summed E-state index contributed by atoms with van der Waals surface area (Å²) in [6.07, 6.45) is 2.89. The van der Waals surface area contributed by atoms with Crippen molar-refractivity contribution < 1.29 is 8.78 Å². The van der Waals surface area contributed by atoms with Crippen molar-refractivity contribution in [2.75, 3.05) is 5.32 Å². The molecule has 2 aromatic carbocycles. The van der Waals surface area contributed by atoms with Crippen molar-refractivity contribution >= 4 is 27.8 Å². The van der Waals surface area contributed by atoms with E-state index in [9.17, 15) is 13.6 Å². The molecule has 3 aromatic heterocycles. The Kier molecular flexibility index (Phi) is 4.43. The molecule has 0 spiro atoms. The molecule has 0 aliphatic rings. The second-order valence-electron chi connectivity index (χ2n) is 7.05. The molecular weight excluding hydrogens is 402 g/mol. The summed E-state index contributed by atoms with van der Waals surface area (Å²) in [6.45, 7) is 1.80. The zero-order valence-electron chi connectivity index (χ0n) is 16.3. The minimum Gasteiger partial charge on any atom is -0.360 e. The molecule has 2 N–H and O–H groups in total. The van der Waals surface area contributed by atoms with Gasteiger partial charge >= 0.3 is 0 Å². The van der Waals surface area contributed by atoms with Crippen LogP contribution >= 0.6 is 0 Å². The van der Waals surface area contributed by atoms with E-state index < -0.39 is 23.2 Å². The van der Waals surface area contributed by atoms with Crippen LogP contribution in [0.25, 0.3) is 27.6 Å². The van der Waals surface area contributed by atoms with E-state index in [-0.39, 0.29) is 11.1 Å². The van der Waals surface area contributed by atoms with Crippen LogP contribution < -0.4 is 10.9 Å². The summed E-state index contributed by atoms with van der Waals surface area (Å²) < 4.78 is 30.4. The molecule has 0 aliphatic carbocycles. The molecule has 0 unspecified atom stereocenters. The Bertz CT molecular complexity index is 1490. The average Bonchev–Trinajstić information content (AvgIpc) is 3.24. The third kappa shape index (κ3) is 3.10. The third-order valence-electron chi connectivity index (χ3n) is 5.13. The van der Waals surface area contributed by atoms with Gasteiger partial charge in [-0.1, -0.05) is 24.3 Å². The predicted octanol–water partition coefficient (Wildman–Crippen LogP) is 4.11. The summed E-state index contributed by atoms with van der Waals surface area (Å²) in [4.78, 5) is 28.8. The first-order valence-corrected chi connectivity index (χ1v) is 9.54. The Morgan fingerprint density at radius 3 is 2.68 bits per heavy atom. The van der Waals surface area contributed by atoms with E-state index in [4.69, 9.17) is 0 Å². The second-order valence-corrected chi connectivity index (χ2v) is 7.05. The van der Waals surface area contributed by atoms with Crippen LogP contribution in [-0.4, -0.2) is 24.5 Å². The van der Waals surface area contributed by atoms with Gasteiger partial charge in [-0.05, 0) is 36.6 Å². The summed E-state index contributed by atoms with van der Waals surface area (Å²) in [5.41, 5.74) is 0.916. The summed E-state index contributed by atoms with van der Waals surface area (Å²) >= 11 is 0. The lowest BCUT2D eigenvalue weighted by molar-refractivity contribution is 0.609. The molecule has 0 radical (unpaired) electrons. The number of pyridine rings is 1. The number of aromatic amines is 1. The van der Waals surface area contributed by atoms with Crippen LogP contribution in [0.5, 0.6) is 0 Å². The number of anilines is 1. The third-order valence-corrected chi connectivity index (χ3v) is 5.13. The number of nitrogens with one attached hydrogen (secondary N) is 2. The maximum Gasteiger partial charge on any atom is 0.266 e. The highest BCUT2D eigenvalue weighted by Gasteiger charge is 2.21. The summed E-state index contributed by atoms with van der Waals surface area (Å²) in [6, 6.07) is 11.5. The van der Waals surface area contributed by atoms with Gasteiger partial charge in [0.05, 0.1) is 23.4 Å². The maximum atomic E-state index is 14.7. The Labute approximate surface area is 174 Å². The standard InChI is InChI=1S/C22H16F2N6O/c1-12(29-21-19-20(26-10-25-19)27-11-28-21)17-9-13-5-4-7-15(24)18(13)22(31)30(17)16-8-3-2-6-14(16)23/h2-12H,1H3,(H2,25,26,27,28,29)/t12-/m1/s1. The number of H-pyrrole nitrogens is 1. The normalized spacial score (nSPS) is 12.4. The highest BCUT2D eigenvalue weighted by atomic mass is 19.1. The first-order chi connectivity index (χ1) is 15.0. The summed E-state index contributed by atoms with van der Waals surface area (Å²) in [7, 11) is 0. The number of fused-ring (bicyclic) bond motifs is 2. The van der Waals surface area contributed by atoms with Gasteiger partial charge in [0.2, 0.25) is 0 Å². The van der Waals surface area contributed by atoms with Crippen LogP contribution in [0.2, 0.25) is 0 Å². The van der Waals surface area contributed by atoms with E-state index in [1.165, 1.54) is 47.6 Å². The number of hydrogen-bond donors (Lipinski definition) is 2. The number of benzene rings is 2. The topological polar surface area (TPSA) is 88.5 Å². The van der Waals surface area contributed by atoms with Crippen molar-refractivity contribution in [1.82, 2.24) is 24.5 Å². The Hall–Kier alpha value is -4.14. The molecule has 9 heteroatoms. The van der Waals surface area contributed by atoms with E-state index in [1.807, 2.05) is 0 Å². The molecule has 154 valence electrons. The van der Waals surface area contributed by atoms with Crippen LogP contribution in [0.15, 0.2) is 66.0 Å². The molecule has 1 atom stereocenters.